The van der Waals surface area contributed by atoms with E-state index in [1.165, 1.54) is 0 Å². The number of rotatable bonds is 4. The summed E-state index contributed by atoms with van der Waals surface area (Å²) < 4.78 is 32.8. The zero-order chi connectivity index (χ0) is 24.6. The lowest BCUT2D eigenvalue weighted by Crippen LogP contribution is -2.49. The lowest BCUT2D eigenvalue weighted by atomic mass is 9.78. The van der Waals surface area contributed by atoms with E-state index in [4.69, 9.17) is 4.74 Å². The summed E-state index contributed by atoms with van der Waals surface area (Å²) in [6.07, 6.45) is 2.27. The van der Waals surface area contributed by atoms with Crippen LogP contribution in [-0.4, -0.2) is 61.3 Å². The maximum absolute atomic E-state index is 13.2. The topological polar surface area (TPSA) is 95.9 Å². The zero-order valence-corrected chi connectivity index (χ0v) is 21.7. The monoisotopic (exact) mass is 480 g/mol. The van der Waals surface area contributed by atoms with E-state index in [1.54, 1.807) is 16.4 Å². The number of piperidine rings is 1. The number of nitrogens with one attached hydrogen (secondary N) is 1. The van der Waals surface area contributed by atoms with Crippen molar-refractivity contribution in [2.24, 2.45) is 0 Å². The molecule has 1 amide bonds. The molecule has 2 saturated heterocycles. The van der Waals surface area contributed by atoms with E-state index in [-0.39, 0.29) is 33.8 Å². The van der Waals surface area contributed by atoms with Crippen molar-refractivity contribution in [3.8, 4) is 5.75 Å². The van der Waals surface area contributed by atoms with E-state index < -0.39 is 10.0 Å². The van der Waals surface area contributed by atoms with Crippen LogP contribution < -0.4 is 5.32 Å². The molecule has 1 aromatic carbocycles. The maximum Gasteiger partial charge on any atom is 0.251 e. The van der Waals surface area contributed by atoms with Crippen molar-refractivity contribution >= 4 is 15.9 Å². The molecule has 2 N–H and O–H groups in total. The van der Waals surface area contributed by atoms with E-state index in [9.17, 15) is 18.3 Å². The fraction of sp³-hybridized carbons (Fsp3) is 0.720. The number of benzene rings is 1. The van der Waals surface area contributed by atoms with Crippen LogP contribution in [0.25, 0.3) is 0 Å². The number of aromatic hydroxyl groups is 1. The number of carbonyl (C=O) groups excluding carboxylic acids is 1. The van der Waals surface area contributed by atoms with Crippen LogP contribution >= 0.6 is 0 Å². The summed E-state index contributed by atoms with van der Waals surface area (Å²) in [6.45, 7) is 13.9. The van der Waals surface area contributed by atoms with Gasteiger partial charge in [0.25, 0.3) is 5.91 Å². The van der Waals surface area contributed by atoms with Crippen LogP contribution in [0.15, 0.2) is 12.1 Å². The molecule has 2 aliphatic rings. The molecule has 0 atom stereocenters. The summed E-state index contributed by atoms with van der Waals surface area (Å²) in [5.74, 6) is 0.0647. The van der Waals surface area contributed by atoms with Gasteiger partial charge >= 0.3 is 0 Å². The first-order chi connectivity index (χ1) is 15.2. The van der Waals surface area contributed by atoms with Crippen molar-refractivity contribution in [1.82, 2.24) is 9.62 Å². The number of ether oxygens (including phenoxy) is 1. The second-order valence-electron chi connectivity index (χ2n) is 11.4. The summed E-state index contributed by atoms with van der Waals surface area (Å²) in [5.41, 5.74) is 1.39. The Morgan fingerprint density at radius 3 is 1.91 bits per heavy atom. The van der Waals surface area contributed by atoms with Crippen LogP contribution in [0, 0.1) is 0 Å². The van der Waals surface area contributed by atoms with Gasteiger partial charge in [0.15, 0.2) is 0 Å². The number of sulfonamides is 1. The van der Waals surface area contributed by atoms with Gasteiger partial charge in [-0.05, 0) is 48.6 Å². The highest BCUT2D eigenvalue weighted by Crippen LogP contribution is 2.39. The summed E-state index contributed by atoms with van der Waals surface area (Å²) in [4.78, 5) is 13.2. The molecule has 0 aliphatic carbocycles. The summed E-state index contributed by atoms with van der Waals surface area (Å²) in [5, 5.41) is 13.6. The second-order valence-corrected chi connectivity index (χ2v) is 13.6. The normalized spacial score (nSPS) is 20.1. The van der Waals surface area contributed by atoms with Crippen molar-refractivity contribution in [2.75, 3.05) is 26.3 Å². The van der Waals surface area contributed by atoms with Gasteiger partial charge < -0.3 is 15.2 Å². The molecule has 3 rings (SSSR count). The molecule has 0 spiro atoms. The minimum atomic E-state index is -3.33. The molecular formula is C25H40N2O5S. The number of carbonyl (C=O) groups is 1. The van der Waals surface area contributed by atoms with Gasteiger partial charge in [-0.25, -0.2) is 12.7 Å². The van der Waals surface area contributed by atoms with Crippen LogP contribution in [0.3, 0.4) is 0 Å². The molecule has 0 unspecified atom stereocenters. The first-order valence-corrected chi connectivity index (χ1v) is 13.5. The highest BCUT2D eigenvalue weighted by Gasteiger charge is 2.36. The molecule has 186 valence electrons. The van der Waals surface area contributed by atoms with Crippen molar-refractivity contribution in [2.45, 2.75) is 89.3 Å². The Morgan fingerprint density at radius 2 is 1.45 bits per heavy atom. The fourth-order valence-corrected chi connectivity index (χ4v) is 6.55. The van der Waals surface area contributed by atoms with Gasteiger partial charge in [0.05, 0.1) is 5.25 Å². The minimum absolute atomic E-state index is 0.0800. The minimum Gasteiger partial charge on any atom is -0.507 e. The highest BCUT2D eigenvalue weighted by molar-refractivity contribution is 7.89. The largest absolute Gasteiger partial charge is 0.507 e. The smallest absolute Gasteiger partial charge is 0.251 e. The Bertz CT molecular complexity index is 926. The molecule has 0 saturated carbocycles. The van der Waals surface area contributed by atoms with E-state index in [1.807, 2.05) is 41.5 Å². The number of phenolic OH excluding ortho intramolecular Hbond substituents is 1. The summed E-state index contributed by atoms with van der Waals surface area (Å²) in [7, 11) is -3.33. The van der Waals surface area contributed by atoms with Crippen molar-refractivity contribution in [3.63, 3.8) is 0 Å². The molecule has 1 aromatic rings. The first-order valence-electron chi connectivity index (χ1n) is 12.0. The standard InChI is InChI=1S/C25H40N2O5S/c1-24(2,3)20-15-17(16-21(22(20)28)25(4,5)6)23(29)26-18-7-11-27(12-8-18)33(30,31)19-9-13-32-14-10-19/h15-16,18-19,28H,7-14H2,1-6H3,(H,26,29). The van der Waals surface area contributed by atoms with Crippen LogP contribution in [-0.2, 0) is 25.6 Å². The second kappa shape index (κ2) is 9.55. The molecule has 0 aromatic heterocycles. The third kappa shape index (κ3) is 5.89. The molecule has 8 heteroatoms. The Kier molecular flexibility index (Phi) is 7.51. The van der Waals surface area contributed by atoms with E-state index in [2.05, 4.69) is 5.32 Å². The predicted molar refractivity (Wildman–Crippen MR) is 130 cm³/mol. The van der Waals surface area contributed by atoms with Gasteiger partial charge in [-0.15, -0.1) is 0 Å². The number of phenols is 1. The van der Waals surface area contributed by atoms with Gasteiger partial charge in [0, 0.05) is 49.0 Å². The van der Waals surface area contributed by atoms with Gasteiger partial charge in [-0.1, -0.05) is 41.5 Å². The fourth-order valence-electron chi connectivity index (χ4n) is 4.62. The summed E-state index contributed by atoms with van der Waals surface area (Å²) in [6, 6.07) is 3.48. The Balaban J connectivity index is 1.71. The quantitative estimate of drug-likeness (QED) is 0.685. The number of hydrogen-bond acceptors (Lipinski definition) is 5. The van der Waals surface area contributed by atoms with Crippen molar-refractivity contribution in [3.05, 3.63) is 28.8 Å². The van der Waals surface area contributed by atoms with E-state index >= 15 is 0 Å². The van der Waals surface area contributed by atoms with Crippen molar-refractivity contribution < 1.29 is 23.1 Å². The Labute approximate surface area is 198 Å². The van der Waals surface area contributed by atoms with Gasteiger partial charge in [-0.3, -0.25) is 4.79 Å². The molecular weight excluding hydrogens is 440 g/mol. The molecule has 2 heterocycles. The number of nitrogens with zero attached hydrogens (tertiary/aromatic N) is 1. The lowest BCUT2D eigenvalue weighted by molar-refractivity contribution is 0.0917. The molecule has 7 nitrogen and oxygen atoms in total. The molecule has 2 aliphatic heterocycles. The summed E-state index contributed by atoms with van der Waals surface area (Å²) >= 11 is 0. The SMILES string of the molecule is CC(C)(C)c1cc(C(=O)NC2CCN(S(=O)(=O)C3CCOCC3)CC2)cc(C(C)(C)C)c1O. The number of amides is 1. The molecule has 33 heavy (non-hydrogen) atoms. The van der Waals surface area contributed by atoms with Crippen LogP contribution in [0.1, 0.15) is 88.7 Å². The van der Waals surface area contributed by atoms with Gasteiger partial charge in [0.1, 0.15) is 5.75 Å². The van der Waals surface area contributed by atoms with Crippen LogP contribution in [0.2, 0.25) is 0 Å². The molecule has 0 bridgehead atoms. The van der Waals surface area contributed by atoms with Crippen LogP contribution in [0.4, 0.5) is 0 Å². The van der Waals surface area contributed by atoms with Crippen molar-refractivity contribution in [1.29, 1.82) is 0 Å². The average Bonchev–Trinajstić information content (AvgIpc) is 2.73. The van der Waals surface area contributed by atoms with Crippen LogP contribution in [0.5, 0.6) is 5.75 Å². The first kappa shape index (κ1) is 26.0. The number of hydrogen-bond donors (Lipinski definition) is 2. The average molecular weight is 481 g/mol. The maximum atomic E-state index is 13.2. The van der Waals surface area contributed by atoms with E-state index in [0.717, 1.165) is 11.1 Å². The third-order valence-corrected chi connectivity index (χ3v) is 9.13. The zero-order valence-electron chi connectivity index (χ0n) is 20.9. The Hall–Kier alpha value is -1.64. The van der Waals surface area contributed by atoms with Gasteiger partial charge in [0.2, 0.25) is 10.0 Å². The third-order valence-electron chi connectivity index (χ3n) is 6.73. The highest BCUT2D eigenvalue weighted by atomic mass is 32.2. The Morgan fingerprint density at radius 1 is 0.970 bits per heavy atom. The molecule has 2 fully saturated rings. The lowest BCUT2D eigenvalue weighted by Gasteiger charge is -2.35. The van der Waals surface area contributed by atoms with E-state index in [0.29, 0.717) is 57.6 Å². The molecule has 0 radical (unpaired) electrons. The predicted octanol–water partition coefficient (Wildman–Crippen LogP) is 3.69. The van der Waals surface area contributed by atoms with Gasteiger partial charge in [-0.2, -0.15) is 0 Å².